The number of thiazole rings is 1. The van der Waals surface area contributed by atoms with Crippen LogP contribution < -0.4 is 10.6 Å². The van der Waals surface area contributed by atoms with Gasteiger partial charge in [-0.25, -0.2) is 4.98 Å². The minimum atomic E-state index is 0. The smallest absolute Gasteiger partial charge is 0.190 e. The van der Waals surface area contributed by atoms with E-state index < -0.39 is 0 Å². The first-order valence-electron chi connectivity index (χ1n) is 8.79. The lowest BCUT2D eigenvalue weighted by atomic mass is 9.93. The molecule has 0 saturated carbocycles. The summed E-state index contributed by atoms with van der Waals surface area (Å²) in [5, 5.41) is 10.1. The molecule has 138 valence electrons. The van der Waals surface area contributed by atoms with Crippen LogP contribution in [0, 0.1) is 12.8 Å². The van der Waals surface area contributed by atoms with E-state index in [1.165, 1.54) is 38.9 Å². The number of nitrogens with zero attached hydrogens (tertiary/aromatic N) is 3. The van der Waals surface area contributed by atoms with Gasteiger partial charge in [0.05, 0.1) is 10.7 Å². The molecule has 2 heterocycles. The summed E-state index contributed by atoms with van der Waals surface area (Å²) < 4.78 is 0. The molecule has 2 N–H and O–H groups in total. The Labute approximate surface area is 167 Å². The summed E-state index contributed by atoms with van der Waals surface area (Å²) in [6, 6.07) is 0. The quantitative estimate of drug-likeness (QED) is 0.370. The van der Waals surface area contributed by atoms with Gasteiger partial charge in [0.1, 0.15) is 0 Å². The SMILES string of the molecule is CCN1CCC(CCNC(=NC)NCCc2csc(C)n2)CC1.I. The third-order valence-corrected chi connectivity index (χ3v) is 5.39. The lowest BCUT2D eigenvalue weighted by Crippen LogP contribution is -2.40. The lowest BCUT2D eigenvalue weighted by Gasteiger charge is -2.31. The summed E-state index contributed by atoms with van der Waals surface area (Å²) in [5.41, 5.74) is 1.16. The first-order valence-corrected chi connectivity index (χ1v) is 9.67. The summed E-state index contributed by atoms with van der Waals surface area (Å²) in [7, 11) is 1.84. The second-order valence-electron chi connectivity index (χ2n) is 6.20. The van der Waals surface area contributed by atoms with Crippen molar-refractivity contribution >= 4 is 41.3 Å². The number of aryl methyl sites for hydroxylation is 1. The van der Waals surface area contributed by atoms with Crippen LogP contribution in [0.4, 0.5) is 0 Å². The lowest BCUT2D eigenvalue weighted by molar-refractivity contribution is 0.187. The topological polar surface area (TPSA) is 52.5 Å². The first kappa shape index (κ1) is 21.6. The maximum atomic E-state index is 4.48. The second kappa shape index (κ2) is 12.0. The molecule has 0 unspecified atom stereocenters. The molecule has 1 saturated heterocycles. The molecule has 0 radical (unpaired) electrons. The Morgan fingerprint density at radius 1 is 1.33 bits per heavy atom. The Hall–Kier alpha value is -0.410. The molecule has 1 aliphatic rings. The van der Waals surface area contributed by atoms with E-state index in [1.54, 1.807) is 11.3 Å². The summed E-state index contributed by atoms with van der Waals surface area (Å²) in [5.74, 6) is 1.77. The predicted octanol–water partition coefficient (Wildman–Crippen LogP) is 2.90. The number of nitrogens with one attached hydrogen (secondary N) is 2. The molecule has 0 spiro atoms. The Bertz CT molecular complexity index is 483. The van der Waals surface area contributed by atoms with Gasteiger partial charge in [0.2, 0.25) is 0 Å². The van der Waals surface area contributed by atoms with Crippen molar-refractivity contribution in [3.8, 4) is 0 Å². The average molecular weight is 465 g/mol. The van der Waals surface area contributed by atoms with Crippen LogP contribution in [-0.2, 0) is 6.42 Å². The Kier molecular flexibility index (Phi) is 10.8. The number of hydrogen-bond donors (Lipinski definition) is 2. The number of piperidine rings is 1. The monoisotopic (exact) mass is 465 g/mol. The van der Waals surface area contributed by atoms with Gasteiger partial charge in [0, 0.05) is 31.9 Å². The van der Waals surface area contributed by atoms with Gasteiger partial charge >= 0.3 is 0 Å². The van der Waals surface area contributed by atoms with Crippen LogP contribution in [0.15, 0.2) is 10.4 Å². The highest BCUT2D eigenvalue weighted by Gasteiger charge is 2.17. The minimum Gasteiger partial charge on any atom is -0.356 e. The van der Waals surface area contributed by atoms with Crippen LogP contribution in [0.1, 0.15) is 36.9 Å². The molecule has 1 fully saturated rings. The third kappa shape index (κ3) is 7.65. The highest BCUT2D eigenvalue weighted by molar-refractivity contribution is 14.0. The largest absolute Gasteiger partial charge is 0.356 e. The maximum Gasteiger partial charge on any atom is 0.190 e. The second-order valence-corrected chi connectivity index (χ2v) is 7.26. The van der Waals surface area contributed by atoms with E-state index >= 15 is 0 Å². The molecule has 0 aliphatic carbocycles. The van der Waals surface area contributed by atoms with E-state index in [-0.39, 0.29) is 24.0 Å². The van der Waals surface area contributed by atoms with Crippen LogP contribution in [0.2, 0.25) is 0 Å². The maximum absolute atomic E-state index is 4.48. The van der Waals surface area contributed by atoms with Gasteiger partial charge in [-0.1, -0.05) is 6.92 Å². The van der Waals surface area contributed by atoms with Gasteiger partial charge < -0.3 is 15.5 Å². The first-order chi connectivity index (χ1) is 11.2. The van der Waals surface area contributed by atoms with Gasteiger partial charge in [0.25, 0.3) is 0 Å². The molecule has 0 amide bonds. The number of hydrogen-bond acceptors (Lipinski definition) is 4. The van der Waals surface area contributed by atoms with Gasteiger partial charge in [-0.15, -0.1) is 35.3 Å². The molecule has 0 aromatic carbocycles. The standard InChI is InChI=1S/C17H31N5S.HI/c1-4-22-11-7-15(8-12-22)5-9-19-17(18-3)20-10-6-16-13-23-14(2)21-16;/h13,15H,4-12H2,1-3H3,(H2,18,19,20);1H. The van der Waals surface area contributed by atoms with Crippen molar-refractivity contribution in [3.05, 3.63) is 16.1 Å². The zero-order valence-electron chi connectivity index (χ0n) is 15.2. The summed E-state index contributed by atoms with van der Waals surface area (Å²) >= 11 is 1.71. The number of rotatable bonds is 7. The molecule has 0 atom stereocenters. The van der Waals surface area contributed by atoms with Crippen molar-refractivity contribution in [1.82, 2.24) is 20.5 Å². The van der Waals surface area contributed by atoms with Crippen LogP contribution in [-0.4, -0.2) is 55.6 Å². The molecule has 1 aromatic heterocycles. The fraction of sp³-hybridized carbons (Fsp3) is 0.765. The van der Waals surface area contributed by atoms with Gasteiger partial charge in [-0.2, -0.15) is 0 Å². The Balaban J connectivity index is 0.00000288. The molecule has 7 heteroatoms. The normalized spacial score (nSPS) is 16.7. The summed E-state index contributed by atoms with van der Waals surface area (Å²) in [4.78, 5) is 11.3. The van der Waals surface area contributed by atoms with Crippen molar-refractivity contribution in [3.63, 3.8) is 0 Å². The van der Waals surface area contributed by atoms with Crippen molar-refractivity contribution < 1.29 is 0 Å². The minimum absolute atomic E-state index is 0. The van der Waals surface area contributed by atoms with Gasteiger partial charge in [-0.05, 0) is 51.7 Å². The van der Waals surface area contributed by atoms with E-state index in [2.05, 4.69) is 37.8 Å². The van der Waals surface area contributed by atoms with E-state index in [9.17, 15) is 0 Å². The molecular weight excluding hydrogens is 433 g/mol. The highest BCUT2D eigenvalue weighted by atomic mass is 127. The van der Waals surface area contributed by atoms with Gasteiger partial charge in [-0.3, -0.25) is 4.99 Å². The zero-order valence-corrected chi connectivity index (χ0v) is 18.3. The third-order valence-electron chi connectivity index (χ3n) is 4.56. The molecule has 1 aromatic rings. The Morgan fingerprint density at radius 3 is 2.62 bits per heavy atom. The number of aliphatic imine (C=N–C) groups is 1. The van der Waals surface area contributed by atoms with Crippen molar-refractivity contribution in [1.29, 1.82) is 0 Å². The van der Waals surface area contributed by atoms with Gasteiger partial charge in [0.15, 0.2) is 5.96 Å². The van der Waals surface area contributed by atoms with E-state index in [0.717, 1.165) is 42.1 Å². The molecule has 2 rings (SSSR count). The predicted molar refractivity (Wildman–Crippen MR) is 115 cm³/mol. The van der Waals surface area contributed by atoms with E-state index in [4.69, 9.17) is 0 Å². The number of halogens is 1. The Morgan fingerprint density at radius 2 is 2.04 bits per heavy atom. The van der Waals surface area contributed by atoms with Crippen molar-refractivity contribution in [2.45, 2.75) is 39.5 Å². The van der Waals surface area contributed by atoms with Crippen molar-refractivity contribution in [2.24, 2.45) is 10.9 Å². The highest BCUT2D eigenvalue weighted by Crippen LogP contribution is 2.19. The summed E-state index contributed by atoms with van der Waals surface area (Å²) in [6.45, 7) is 9.91. The fourth-order valence-electron chi connectivity index (χ4n) is 3.04. The molecule has 5 nitrogen and oxygen atoms in total. The van der Waals surface area contributed by atoms with Crippen molar-refractivity contribution in [2.75, 3.05) is 39.8 Å². The zero-order chi connectivity index (χ0) is 16.5. The fourth-order valence-corrected chi connectivity index (χ4v) is 3.69. The number of likely N-dealkylation sites (tertiary alicyclic amines) is 1. The average Bonchev–Trinajstić information content (AvgIpc) is 2.99. The molecule has 1 aliphatic heterocycles. The molecule has 0 bridgehead atoms. The van der Waals surface area contributed by atoms with Crippen LogP contribution in [0.25, 0.3) is 0 Å². The molecular formula is C17H32IN5S. The molecule has 24 heavy (non-hydrogen) atoms. The number of aromatic nitrogens is 1. The van der Waals surface area contributed by atoms with Crippen LogP contribution >= 0.6 is 35.3 Å². The summed E-state index contributed by atoms with van der Waals surface area (Å²) in [6.07, 6.45) is 4.86. The van der Waals surface area contributed by atoms with E-state index in [0.29, 0.717) is 0 Å². The van der Waals surface area contributed by atoms with Crippen LogP contribution in [0.5, 0.6) is 0 Å². The van der Waals surface area contributed by atoms with E-state index in [1.807, 2.05) is 14.0 Å². The van der Waals surface area contributed by atoms with Crippen LogP contribution in [0.3, 0.4) is 0 Å². The number of guanidine groups is 1.